The Bertz CT molecular complexity index is 611. The van der Waals surface area contributed by atoms with E-state index < -0.39 is 0 Å². The van der Waals surface area contributed by atoms with Gasteiger partial charge >= 0.3 is 0 Å². The van der Waals surface area contributed by atoms with Crippen LogP contribution in [0.15, 0.2) is 36.7 Å². The molecule has 0 radical (unpaired) electrons. The number of aromatic nitrogens is 2. The molecular formula is C22H32N2O2. The average Bonchev–Trinajstić information content (AvgIpc) is 2.69. The molecule has 0 aliphatic heterocycles. The van der Waals surface area contributed by atoms with Crippen molar-refractivity contribution in [1.29, 1.82) is 0 Å². The van der Waals surface area contributed by atoms with Crippen LogP contribution in [0.4, 0.5) is 0 Å². The van der Waals surface area contributed by atoms with E-state index in [2.05, 4.69) is 51.5 Å². The molecule has 0 saturated heterocycles. The van der Waals surface area contributed by atoms with Crippen LogP contribution in [0.1, 0.15) is 67.2 Å². The predicted octanol–water partition coefficient (Wildman–Crippen LogP) is 6.06. The third kappa shape index (κ3) is 4.96. The van der Waals surface area contributed by atoms with Gasteiger partial charge in [-0.3, -0.25) is 9.97 Å². The number of ether oxygens (including phenoxy) is 2. The van der Waals surface area contributed by atoms with Crippen molar-refractivity contribution in [1.82, 2.24) is 9.97 Å². The zero-order chi connectivity index (χ0) is 19.2. The molecule has 0 aliphatic rings. The number of hydrogen-bond acceptors (Lipinski definition) is 4. The van der Waals surface area contributed by atoms with Crippen molar-refractivity contribution in [2.45, 2.75) is 78.4 Å². The lowest BCUT2D eigenvalue weighted by atomic mass is 10.00. The lowest BCUT2D eigenvalue weighted by molar-refractivity contribution is 0.0795. The summed E-state index contributed by atoms with van der Waals surface area (Å²) in [5, 5.41) is 0. The molecule has 0 spiro atoms. The normalized spacial score (nSPS) is 12.1. The first-order valence-electron chi connectivity index (χ1n) is 9.67. The first-order chi connectivity index (χ1) is 12.4. The summed E-state index contributed by atoms with van der Waals surface area (Å²) >= 11 is 0. The SMILES string of the molecule is CCC(C)(CC)Oc1ccc(-c2ccc(OC(C)(CC)CC)cn2)nc1. The molecule has 2 aromatic rings. The smallest absolute Gasteiger partial charge is 0.138 e. The lowest BCUT2D eigenvalue weighted by Gasteiger charge is -2.28. The molecule has 0 amide bonds. The Morgan fingerprint density at radius 1 is 0.654 bits per heavy atom. The van der Waals surface area contributed by atoms with Gasteiger partial charge in [0.2, 0.25) is 0 Å². The van der Waals surface area contributed by atoms with Crippen molar-refractivity contribution in [3.05, 3.63) is 36.7 Å². The maximum Gasteiger partial charge on any atom is 0.138 e. The van der Waals surface area contributed by atoms with E-state index in [1.54, 1.807) is 12.4 Å². The van der Waals surface area contributed by atoms with Crippen LogP contribution >= 0.6 is 0 Å². The van der Waals surface area contributed by atoms with Gasteiger partial charge in [-0.15, -0.1) is 0 Å². The number of nitrogens with zero attached hydrogens (tertiary/aromatic N) is 2. The van der Waals surface area contributed by atoms with Crippen LogP contribution in [0.2, 0.25) is 0 Å². The highest BCUT2D eigenvalue weighted by Gasteiger charge is 2.22. The van der Waals surface area contributed by atoms with Gasteiger partial charge < -0.3 is 9.47 Å². The van der Waals surface area contributed by atoms with E-state index in [9.17, 15) is 0 Å². The van der Waals surface area contributed by atoms with Crippen molar-refractivity contribution in [2.24, 2.45) is 0 Å². The van der Waals surface area contributed by atoms with Gasteiger partial charge in [0.25, 0.3) is 0 Å². The molecule has 142 valence electrons. The van der Waals surface area contributed by atoms with Crippen LogP contribution in [0.3, 0.4) is 0 Å². The zero-order valence-electron chi connectivity index (χ0n) is 17.0. The van der Waals surface area contributed by atoms with Crippen LogP contribution in [0, 0.1) is 0 Å². The second-order valence-corrected chi connectivity index (χ2v) is 7.28. The van der Waals surface area contributed by atoms with Crippen molar-refractivity contribution in [3.8, 4) is 22.9 Å². The number of rotatable bonds is 9. The van der Waals surface area contributed by atoms with Crippen molar-refractivity contribution < 1.29 is 9.47 Å². The Labute approximate surface area is 158 Å². The van der Waals surface area contributed by atoms with Crippen LogP contribution in [0.5, 0.6) is 11.5 Å². The zero-order valence-corrected chi connectivity index (χ0v) is 17.0. The quantitative estimate of drug-likeness (QED) is 0.548. The Morgan fingerprint density at radius 3 is 1.23 bits per heavy atom. The fourth-order valence-electron chi connectivity index (χ4n) is 2.54. The highest BCUT2D eigenvalue weighted by atomic mass is 16.5. The minimum absolute atomic E-state index is 0.147. The topological polar surface area (TPSA) is 44.2 Å². The first-order valence-corrected chi connectivity index (χ1v) is 9.67. The van der Waals surface area contributed by atoms with Crippen molar-refractivity contribution in [2.75, 3.05) is 0 Å². The summed E-state index contributed by atoms with van der Waals surface area (Å²) in [4.78, 5) is 9.02. The fourth-order valence-corrected chi connectivity index (χ4v) is 2.54. The Kier molecular flexibility index (Phi) is 6.63. The summed E-state index contributed by atoms with van der Waals surface area (Å²) in [7, 11) is 0. The van der Waals surface area contributed by atoms with E-state index in [1.807, 2.05) is 24.3 Å². The molecular weight excluding hydrogens is 324 g/mol. The Hall–Kier alpha value is -2.10. The summed E-state index contributed by atoms with van der Waals surface area (Å²) in [6, 6.07) is 7.82. The maximum absolute atomic E-state index is 6.09. The molecule has 0 bridgehead atoms. The molecule has 4 heteroatoms. The molecule has 2 rings (SSSR count). The molecule has 0 N–H and O–H groups in total. The van der Waals surface area contributed by atoms with Gasteiger partial charge in [-0.25, -0.2) is 0 Å². The van der Waals surface area contributed by atoms with Gasteiger partial charge in [0.1, 0.15) is 22.7 Å². The Balaban J connectivity index is 2.10. The standard InChI is InChI=1S/C22H32N2O2/c1-7-21(5,8-2)25-17-11-13-19(23-15-17)20-14-12-18(16-24-20)26-22(6,9-3)10-4/h11-16H,7-10H2,1-6H3. The van der Waals surface area contributed by atoms with Crippen LogP contribution in [-0.2, 0) is 0 Å². The van der Waals surface area contributed by atoms with Crippen molar-refractivity contribution >= 4 is 0 Å². The van der Waals surface area contributed by atoms with Gasteiger partial charge in [-0.2, -0.15) is 0 Å². The second-order valence-electron chi connectivity index (χ2n) is 7.28. The van der Waals surface area contributed by atoms with Crippen LogP contribution in [-0.4, -0.2) is 21.2 Å². The van der Waals surface area contributed by atoms with E-state index in [0.717, 1.165) is 48.6 Å². The largest absolute Gasteiger partial charge is 0.486 e. The molecule has 2 aromatic heterocycles. The number of hydrogen-bond donors (Lipinski definition) is 0. The van der Waals surface area contributed by atoms with Gasteiger partial charge in [-0.05, 0) is 63.8 Å². The van der Waals surface area contributed by atoms with Crippen LogP contribution < -0.4 is 9.47 Å². The summed E-state index contributed by atoms with van der Waals surface area (Å²) in [5.41, 5.74) is 1.36. The average molecular weight is 357 g/mol. The third-order valence-electron chi connectivity index (χ3n) is 5.46. The molecule has 0 fully saturated rings. The Morgan fingerprint density at radius 2 is 1.00 bits per heavy atom. The number of pyridine rings is 2. The van der Waals surface area contributed by atoms with Gasteiger partial charge in [0, 0.05) is 0 Å². The summed E-state index contributed by atoms with van der Waals surface area (Å²) in [5.74, 6) is 1.59. The summed E-state index contributed by atoms with van der Waals surface area (Å²) in [6.45, 7) is 12.8. The van der Waals surface area contributed by atoms with Crippen LogP contribution in [0.25, 0.3) is 11.4 Å². The van der Waals surface area contributed by atoms with Crippen molar-refractivity contribution in [3.63, 3.8) is 0 Å². The monoisotopic (exact) mass is 356 g/mol. The molecule has 2 heterocycles. The summed E-state index contributed by atoms with van der Waals surface area (Å²) in [6.07, 6.45) is 7.39. The summed E-state index contributed by atoms with van der Waals surface area (Å²) < 4.78 is 12.2. The van der Waals surface area contributed by atoms with E-state index in [0.29, 0.717) is 0 Å². The molecule has 0 atom stereocenters. The van der Waals surface area contributed by atoms with Gasteiger partial charge in [0.05, 0.1) is 23.8 Å². The lowest BCUT2D eigenvalue weighted by Crippen LogP contribution is -2.30. The third-order valence-corrected chi connectivity index (χ3v) is 5.46. The predicted molar refractivity (Wildman–Crippen MR) is 107 cm³/mol. The molecule has 0 unspecified atom stereocenters. The maximum atomic E-state index is 6.09. The first kappa shape index (κ1) is 20.2. The minimum atomic E-state index is -0.147. The molecule has 0 aromatic carbocycles. The molecule has 26 heavy (non-hydrogen) atoms. The van der Waals surface area contributed by atoms with E-state index >= 15 is 0 Å². The van der Waals surface area contributed by atoms with E-state index in [1.165, 1.54) is 0 Å². The van der Waals surface area contributed by atoms with E-state index in [-0.39, 0.29) is 11.2 Å². The second kappa shape index (κ2) is 8.52. The minimum Gasteiger partial charge on any atom is -0.486 e. The molecule has 0 saturated carbocycles. The molecule has 0 aliphatic carbocycles. The fraction of sp³-hybridized carbons (Fsp3) is 0.545. The van der Waals surface area contributed by atoms with E-state index in [4.69, 9.17) is 9.47 Å². The molecule has 4 nitrogen and oxygen atoms in total. The van der Waals surface area contributed by atoms with Gasteiger partial charge in [-0.1, -0.05) is 27.7 Å². The highest BCUT2D eigenvalue weighted by Crippen LogP contribution is 2.27. The van der Waals surface area contributed by atoms with Gasteiger partial charge in [0.15, 0.2) is 0 Å². The highest BCUT2D eigenvalue weighted by molar-refractivity contribution is 5.55.